The zero-order valence-corrected chi connectivity index (χ0v) is 15.3. The minimum Gasteiger partial charge on any atom is -0.341 e. The molecule has 1 saturated carbocycles. The average Bonchev–Trinajstić information content (AvgIpc) is 2.98. The van der Waals surface area contributed by atoms with E-state index in [1.54, 1.807) is 43.1 Å². The summed E-state index contributed by atoms with van der Waals surface area (Å²) in [7, 11) is -1.85. The van der Waals surface area contributed by atoms with Crippen molar-refractivity contribution in [2.45, 2.75) is 44.7 Å². The second-order valence-corrected chi connectivity index (χ2v) is 8.40. The van der Waals surface area contributed by atoms with E-state index in [0.29, 0.717) is 10.7 Å². The van der Waals surface area contributed by atoms with Gasteiger partial charge in [-0.15, -0.1) is 0 Å². The molecule has 0 N–H and O–H groups in total. The maximum Gasteiger partial charge on any atom is 0.246 e. The molecule has 1 aromatic carbocycles. The second kappa shape index (κ2) is 7.09. The monoisotopic (exact) mass is 358 g/mol. The number of anilines is 1. The summed E-state index contributed by atoms with van der Waals surface area (Å²) >= 11 is 5.97. The quantitative estimate of drug-likeness (QED) is 0.813. The molecule has 2 rings (SSSR count). The third kappa shape index (κ3) is 4.18. The van der Waals surface area contributed by atoms with Crippen LogP contribution in [0.5, 0.6) is 0 Å². The minimum absolute atomic E-state index is 0.192. The van der Waals surface area contributed by atoms with E-state index in [-0.39, 0.29) is 11.9 Å². The highest BCUT2D eigenvalue weighted by molar-refractivity contribution is 7.92. The molecule has 1 atom stereocenters. The largest absolute Gasteiger partial charge is 0.341 e. The third-order valence-corrected chi connectivity index (χ3v) is 5.83. The molecule has 5 nitrogen and oxygen atoms in total. The molecule has 1 aliphatic rings. The highest BCUT2D eigenvalue weighted by atomic mass is 35.5. The van der Waals surface area contributed by atoms with E-state index in [2.05, 4.69) is 0 Å². The van der Waals surface area contributed by atoms with Crippen LogP contribution in [0.1, 0.15) is 32.6 Å². The molecule has 0 aromatic heterocycles. The molecule has 0 unspecified atom stereocenters. The van der Waals surface area contributed by atoms with Crippen molar-refractivity contribution in [1.29, 1.82) is 0 Å². The Kier molecular flexibility index (Phi) is 5.57. The standard InChI is InChI=1S/C16H23ClN2O3S/c1-12(16(20)18(2)14-8-4-5-9-14)19(23(3,21)22)15-10-6-7-13(17)11-15/h6-7,10-12,14H,4-5,8-9H2,1-3H3/t12-/m0/s1. The number of nitrogens with zero attached hydrogens (tertiary/aromatic N) is 2. The number of sulfonamides is 1. The number of hydrogen-bond acceptors (Lipinski definition) is 3. The average molecular weight is 359 g/mol. The molecule has 0 aliphatic heterocycles. The van der Waals surface area contributed by atoms with Crippen molar-refractivity contribution in [3.8, 4) is 0 Å². The van der Waals surface area contributed by atoms with Crippen LogP contribution in [0.15, 0.2) is 24.3 Å². The van der Waals surface area contributed by atoms with Crippen LogP contribution in [0, 0.1) is 0 Å². The van der Waals surface area contributed by atoms with Crippen LogP contribution in [0.25, 0.3) is 0 Å². The zero-order valence-electron chi connectivity index (χ0n) is 13.7. The fourth-order valence-corrected chi connectivity index (χ4v) is 4.53. The lowest BCUT2D eigenvalue weighted by atomic mass is 10.2. The van der Waals surface area contributed by atoms with Gasteiger partial charge in [-0.3, -0.25) is 9.10 Å². The molecular formula is C16H23ClN2O3S. The van der Waals surface area contributed by atoms with E-state index in [1.807, 2.05) is 0 Å². The third-order valence-electron chi connectivity index (χ3n) is 4.35. The van der Waals surface area contributed by atoms with Crippen LogP contribution in [-0.4, -0.2) is 44.6 Å². The highest BCUT2D eigenvalue weighted by Crippen LogP contribution is 2.27. The molecule has 0 bridgehead atoms. The Morgan fingerprint density at radius 3 is 2.43 bits per heavy atom. The summed E-state index contributed by atoms with van der Waals surface area (Å²) in [4.78, 5) is 14.5. The van der Waals surface area contributed by atoms with Gasteiger partial charge in [-0.05, 0) is 38.0 Å². The van der Waals surface area contributed by atoms with Crippen molar-refractivity contribution in [2.75, 3.05) is 17.6 Å². The van der Waals surface area contributed by atoms with E-state index in [9.17, 15) is 13.2 Å². The van der Waals surface area contributed by atoms with Crippen LogP contribution in [0.2, 0.25) is 5.02 Å². The molecule has 128 valence electrons. The first-order chi connectivity index (χ1) is 10.7. The van der Waals surface area contributed by atoms with Crippen molar-refractivity contribution in [3.63, 3.8) is 0 Å². The Balaban J connectivity index is 2.30. The molecule has 7 heteroatoms. The molecule has 1 aromatic rings. The number of amides is 1. The Bertz CT molecular complexity index is 672. The van der Waals surface area contributed by atoms with Gasteiger partial charge in [0.05, 0.1) is 11.9 Å². The molecule has 0 spiro atoms. The summed E-state index contributed by atoms with van der Waals surface area (Å²) < 4.78 is 25.6. The maximum atomic E-state index is 12.8. The summed E-state index contributed by atoms with van der Waals surface area (Å²) in [6, 6.07) is 5.93. The molecule has 0 saturated heterocycles. The normalized spacial score (nSPS) is 17.0. The van der Waals surface area contributed by atoms with Gasteiger partial charge >= 0.3 is 0 Å². The summed E-state index contributed by atoms with van der Waals surface area (Å²) in [6.07, 6.45) is 5.28. The van der Waals surface area contributed by atoms with Gasteiger partial charge in [0.15, 0.2) is 0 Å². The lowest BCUT2D eigenvalue weighted by Crippen LogP contribution is -2.50. The first-order valence-corrected chi connectivity index (χ1v) is 9.96. The number of halogens is 1. The first kappa shape index (κ1) is 18.1. The first-order valence-electron chi connectivity index (χ1n) is 7.73. The number of benzene rings is 1. The summed E-state index contributed by atoms with van der Waals surface area (Å²) in [5, 5.41) is 0.431. The fraction of sp³-hybridized carbons (Fsp3) is 0.562. The molecule has 1 amide bonds. The van der Waals surface area contributed by atoms with Crippen molar-refractivity contribution in [2.24, 2.45) is 0 Å². The summed E-state index contributed by atoms with van der Waals surface area (Å²) in [5.74, 6) is -0.192. The predicted molar refractivity (Wildman–Crippen MR) is 93.3 cm³/mol. The zero-order chi connectivity index (χ0) is 17.2. The number of hydrogen-bond donors (Lipinski definition) is 0. The van der Waals surface area contributed by atoms with Gasteiger partial charge in [0.2, 0.25) is 15.9 Å². The van der Waals surface area contributed by atoms with E-state index in [0.717, 1.165) is 36.2 Å². The predicted octanol–water partition coefficient (Wildman–Crippen LogP) is 2.90. The van der Waals surface area contributed by atoms with E-state index < -0.39 is 16.1 Å². The number of rotatable bonds is 5. The smallest absolute Gasteiger partial charge is 0.246 e. The van der Waals surface area contributed by atoms with Gasteiger partial charge in [0, 0.05) is 18.1 Å². The lowest BCUT2D eigenvalue weighted by Gasteiger charge is -2.33. The van der Waals surface area contributed by atoms with Crippen LogP contribution in [-0.2, 0) is 14.8 Å². The van der Waals surface area contributed by atoms with E-state index in [1.165, 1.54) is 0 Å². The minimum atomic E-state index is -3.61. The topological polar surface area (TPSA) is 57.7 Å². The summed E-state index contributed by atoms with van der Waals surface area (Å²) in [5.41, 5.74) is 0.403. The Labute approximate surface area is 143 Å². The van der Waals surface area contributed by atoms with Gasteiger partial charge in [0.1, 0.15) is 6.04 Å². The molecule has 23 heavy (non-hydrogen) atoms. The van der Waals surface area contributed by atoms with E-state index >= 15 is 0 Å². The lowest BCUT2D eigenvalue weighted by molar-refractivity contribution is -0.132. The van der Waals surface area contributed by atoms with E-state index in [4.69, 9.17) is 11.6 Å². The molecular weight excluding hydrogens is 336 g/mol. The number of carbonyl (C=O) groups excluding carboxylic acids is 1. The SMILES string of the molecule is C[C@@H](C(=O)N(C)C1CCCC1)N(c1cccc(Cl)c1)S(C)(=O)=O. The molecule has 0 radical (unpaired) electrons. The van der Waals surface area contributed by atoms with Gasteiger partial charge in [0.25, 0.3) is 0 Å². The van der Waals surface area contributed by atoms with Crippen LogP contribution < -0.4 is 4.31 Å². The molecule has 0 heterocycles. The second-order valence-electron chi connectivity index (χ2n) is 6.10. The van der Waals surface area contributed by atoms with Crippen molar-refractivity contribution >= 4 is 33.2 Å². The van der Waals surface area contributed by atoms with Crippen LogP contribution >= 0.6 is 11.6 Å². The molecule has 1 fully saturated rings. The van der Waals surface area contributed by atoms with Crippen molar-refractivity contribution < 1.29 is 13.2 Å². The molecule has 1 aliphatic carbocycles. The Morgan fingerprint density at radius 2 is 1.91 bits per heavy atom. The van der Waals surface area contributed by atoms with Crippen molar-refractivity contribution in [3.05, 3.63) is 29.3 Å². The summed E-state index contributed by atoms with van der Waals surface area (Å²) in [6.45, 7) is 1.62. The van der Waals surface area contributed by atoms with Crippen LogP contribution in [0.3, 0.4) is 0 Å². The highest BCUT2D eigenvalue weighted by Gasteiger charge is 2.33. The fourth-order valence-electron chi connectivity index (χ4n) is 3.18. The van der Waals surface area contributed by atoms with Gasteiger partial charge < -0.3 is 4.90 Å². The van der Waals surface area contributed by atoms with Crippen molar-refractivity contribution in [1.82, 2.24) is 4.90 Å². The Morgan fingerprint density at radius 1 is 1.30 bits per heavy atom. The number of carbonyl (C=O) groups is 1. The van der Waals surface area contributed by atoms with Crippen LogP contribution in [0.4, 0.5) is 5.69 Å². The number of likely N-dealkylation sites (N-methyl/N-ethyl adjacent to an activating group) is 1. The van der Waals surface area contributed by atoms with Gasteiger partial charge in [-0.25, -0.2) is 8.42 Å². The Hall–Kier alpha value is -1.27. The van der Waals surface area contributed by atoms with Gasteiger partial charge in [-0.1, -0.05) is 30.5 Å². The maximum absolute atomic E-state index is 12.8. The van der Waals surface area contributed by atoms with Gasteiger partial charge in [-0.2, -0.15) is 0 Å².